The molecule has 1 nitrogen and oxygen atoms in total. The number of rotatable bonds is 4. The van der Waals surface area contributed by atoms with Gasteiger partial charge in [-0.15, -0.1) is 0 Å². The van der Waals surface area contributed by atoms with Crippen molar-refractivity contribution in [1.82, 2.24) is 0 Å². The maximum atomic E-state index is 4.66. The maximum absolute atomic E-state index is 4.66. The van der Waals surface area contributed by atoms with E-state index in [0.717, 1.165) is 19.3 Å². The van der Waals surface area contributed by atoms with Crippen LogP contribution in [-0.4, -0.2) is 5.71 Å². The van der Waals surface area contributed by atoms with Crippen molar-refractivity contribution in [3.63, 3.8) is 0 Å². The van der Waals surface area contributed by atoms with Gasteiger partial charge in [-0.1, -0.05) is 108 Å². The second-order valence-corrected chi connectivity index (χ2v) is 12.9. The van der Waals surface area contributed by atoms with E-state index in [1.807, 2.05) is 6.20 Å². The Balaban J connectivity index is 1.58. The van der Waals surface area contributed by atoms with E-state index < -0.39 is 0 Å². The highest BCUT2D eigenvalue weighted by Gasteiger charge is 2.23. The molecule has 0 spiro atoms. The van der Waals surface area contributed by atoms with E-state index in [-0.39, 0.29) is 10.8 Å². The summed E-state index contributed by atoms with van der Waals surface area (Å²) in [7, 11) is 0. The normalized spacial score (nSPS) is 17.8. The molecule has 0 N–H and O–H groups in total. The van der Waals surface area contributed by atoms with Crippen molar-refractivity contribution in [3.8, 4) is 22.3 Å². The topological polar surface area (TPSA) is 12.4 Å². The summed E-state index contributed by atoms with van der Waals surface area (Å²) in [6.07, 6.45) is 14.4. The van der Waals surface area contributed by atoms with Crippen molar-refractivity contribution in [1.29, 1.82) is 0 Å². The highest BCUT2D eigenvalue weighted by Crippen LogP contribution is 2.38. The zero-order valence-electron chi connectivity index (χ0n) is 23.9. The smallest absolute Gasteiger partial charge is 0.0479 e. The second-order valence-electron chi connectivity index (χ2n) is 12.9. The van der Waals surface area contributed by atoms with Gasteiger partial charge in [-0.25, -0.2) is 0 Å². The van der Waals surface area contributed by atoms with E-state index >= 15 is 0 Å². The van der Waals surface area contributed by atoms with E-state index in [4.69, 9.17) is 0 Å². The molecule has 2 aliphatic rings. The maximum Gasteiger partial charge on any atom is 0.0479 e. The van der Waals surface area contributed by atoms with Crippen LogP contribution in [-0.2, 0) is 5.41 Å². The lowest BCUT2D eigenvalue weighted by molar-refractivity contribution is 0.294. The minimum Gasteiger partial charge on any atom is -0.261 e. The summed E-state index contributed by atoms with van der Waals surface area (Å²) >= 11 is 0. The molecule has 1 heteroatoms. The van der Waals surface area contributed by atoms with E-state index in [9.17, 15) is 0 Å². The van der Waals surface area contributed by atoms with Gasteiger partial charge in [-0.3, -0.25) is 4.99 Å². The Bertz CT molecular complexity index is 1430. The summed E-state index contributed by atoms with van der Waals surface area (Å²) in [6.45, 7) is 13.8. The first kappa shape index (κ1) is 26.2. The Labute approximate surface area is 229 Å². The van der Waals surface area contributed by atoms with Crippen molar-refractivity contribution in [2.24, 2.45) is 16.3 Å². The average Bonchev–Trinajstić information content (AvgIpc) is 2.92. The number of nitrogens with zero attached hydrogens (tertiary/aromatic N) is 1. The molecule has 0 amide bonds. The minimum atomic E-state index is 0.143. The third-order valence-electron chi connectivity index (χ3n) is 7.98. The summed E-state index contributed by atoms with van der Waals surface area (Å²) in [5.74, 6) is 0.570. The first-order valence-electron chi connectivity index (χ1n) is 14.1. The Kier molecular flexibility index (Phi) is 7.14. The van der Waals surface area contributed by atoms with E-state index in [1.165, 1.54) is 50.2 Å². The fourth-order valence-corrected chi connectivity index (χ4v) is 5.37. The zero-order chi connectivity index (χ0) is 26.9. The number of benzene rings is 3. The lowest BCUT2D eigenvalue weighted by atomic mass is 9.76. The molecule has 0 fully saturated rings. The van der Waals surface area contributed by atoms with Crippen LogP contribution < -0.4 is 0 Å². The number of aliphatic imine (C=N–C) groups is 1. The van der Waals surface area contributed by atoms with Crippen LogP contribution in [0.15, 0.2) is 102 Å². The molecule has 1 aliphatic carbocycles. The van der Waals surface area contributed by atoms with Crippen LogP contribution >= 0.6 is 0 Å². The van der Waals surface area contributed by atoms with Crippen LogP contribution in [0.3, 0.4) is 0 Å². The van der Waals surface area contributed by atoms with Gasteiger partial charge in [-0.2, -0.15) is 0 Å². The average molecular weight is 500 g/mol. The van der Waals surface area contributed by atoms with Gasteiger partial charge in [0.05, 0.1) is 0 Å². The SMILES string of the molecule is CC(C)(C)c1ccc(-c2cc(C3=CCC(C(C)(C)C)C=C3)cc(-c3cccc(C4=NC=CCC4)c3)c2)cc1. The van der Waals surface area contributed by atoms with Crippen molar-refractivity contribution in [3.05, 3.63) is 114 Å². The molecule has 0 saturated carbocycles. The summed E-state index contributed by atoms with van der Waals surface area (Å²) in [6, 6.07) is 25.1. The second kappa shape index (κ2) is 10.4. The molecule has 38 heavy (non-hydrogen) atoms. The number of allylic oxidation sites excluding steroid dienone is 5. The number of hydrogen-bond acceptors (Lipinski definition) is 1. The molecule has 1 unspecified atom stereocenters. The van der Waals surface area contributed by atoms with Crippen LogP contribution in [0.2, 0.25) is 0 Å². The third-order valence-corrected chi connectivity index (χ3v) is 7.98. The molecule has 0 bridgehead atoms. The summed E-state index contributed by atoms with van der Waals surface area (Å²) in [4.78, 5) is 4.66. The Hall–Kier alpha value is -3.45. The predicted molar refractivity (Wildman–Crippen MR) is 166 cm³/mol. The van der Waals surface area contributed by atoms with Gasteiger partial charge in [0.1, 0.15) is 0 Å². The molecule has 194 valence electrons. The highest BCUT2D eigenvalue weighted by atomic mass is 14.7. The molecule has 0 saturated heterocycles. The quantitative estimate of drug-likeness (QED) is 0.338. The first-order chi connectivity index (χ1) is 18.1. The van der Waals surface area contributed by atoms with Gasteiger partial charge < -0.3 is 0 Å². The first-order valence-corrected chi connectivity index (χ1v) is 14.1. The Morgan fingerprint density at radius 3 is 1.97 bits per heavy atom. The highest BCUT2D eigenvalue weighted by molar-refractivity contribution is 6.02. The number of hydrogen-bond donors (Lipinski definition) is 0. The van der Waals surface area contributed by atoms with E-state index in [2.05, 4.69) is 138 Å². The van der Waals surface area contributed by atoms with E-state index in [1.54, 1.807) is 0 Å². The van der Waals surface area contributed by atoms with Gasteiger partial charge >= 0.3 is 0 Å². The molecular formula is C37H41N. The predicted octanol–water partition coefficient (Wildman–Crippen LogP) is 10.4. The molecule has 1 heterocycles. The van der Waals surface area contributed by atoms with Crippen LogP contribution in [0.25, 0.3) is 27.8 Å². The van der Waals surface area contributed by atoms with Crippen LogP contribution in [0.5, 0.6) is 0 Å². The van der Waals surface area contributed by atoms with Crippen molar-refractivity contribution in [2.45, 2.75) is 66.2 Å². The third kappa shape index (κ3) is 5.83. The molecular weight excluding hydrogens is 458 g/mol. The lowest BCUT2D eigenvalue weighted by Crippen LogP contribution is -2.19. The van der Waals surface area contributed by atoms with Crippen molar-refractivity contribution < 1.29 is 0 Å². The lowest BCUT2D eigenvalue weighted by Gasteiger charge is -2.29. The summed E-state index contributed by atoms with van der Waals surface area (Å²) in [5.41, 5.74) is 11.8. The van der Waals surface area contributed by atoms with Crippen LogP contribution in [0, 0.1) is 11.3 Å². The molecule has 1 atom stereocenters. The van der Waals surface area contributed by atoms with Crippen molar-refractivity contribution in [2.75, 3.05) is 0 Å². The van der Waals surface area contributed by atoms with Crippen molar-refractivity contribution >= 4 is 11.3 Å². The van der Waals surface area contributed by atoms with Gasteiger partial charge in [0.15, 0.2) is 0 Å². The minimum absolute atomic E-state index is 0.143. The zero-order valence-corrected chi connectivity index (χ0v) is 23.9. The molecule has 0 radical (unpaired) electrons. The fraction of sp³-hybridized carbons (Fsp3) is 0.324. The Morgan fingerprint density at radius 1 is 0.711 bits per heavy atom. The molecule has 0 aromatic heterocycles. The molecule has 1 aliphatic heterocycles. The molecule has 3 aromatic carbocycles. The molecule has 3 aromatic rings. The standard InChI is InChI=1S/C37H41N/c1-36(2,3)33-17-13-26(14-18-33)30-23-31(27-15-19-34(20-16-27)37(4,5)6)25-32(24-30)28-10-9-11-29(22-28)35-12-7-8-21-38-35/h8-11,13-19,21-25,34H,7,12,20H2,1-6H3. The molecule has 5 rings (SSSR count). The van der Waals surface area contributed by atoms with Gasteiger partial charge in [0, 0.05) is 11.9 Å². The van der Waals surface area contributed by atoms with Crippen LogP contribution in [0.1, 0.15) is 77.5 Å². The monoisotopic (exact) mass is 499 g/mol. The van der Waals surface area contributed by atoms with Gasteiger partial charge in [0.2, 0.25) is 0 Å². The van der Waals surface area contributed by atoms with Crippen LogP contribution in [0.4, 0.5) is 0 Å². The fourth-order valence-electron chi connectivity index (χ4n) is 5.37. The largest absolute Gasteiger partial charge is 0.261 e. The Morgan fingerprint density at radius 2 is 1.37 bits per heavy atom. The van der Waals surface area contributed by atoms with E-state index in [0.29, 0.717) is 5.92 Å². The van der Waals surface area contributed by atoms with Gasteiger partial charge in [-0.05, 0) is 105 Å². The summed E-state index contributed by atoms with van der Waals surface area (Å²) < 4.78 is 0. The summed E-state index contributed by atoms with van der Waals surface area (Å²) in [5, 5.41) is 0. The van der Waals surface area contributed by atoms with Gasteiger partial charge in [0.25, 0.3) is 0 Å².